The number of ether oxygens (including phenoxy) is 1. The smallest absolute Gasteiger partial charge is 0.416 e. The number of hydrogen-bond acceptors (Lipinski definition) is 4. The Morgan fingerprint density at radius 2 is 1.93 bits per heavy atom. The third-order valence-corrected chi connectivity index (χ3v) is 4.58. The maximum absolute atomic E-state index is 13.0. The van der Waals surface area contributed by atoms with E-state index in [1.165, 1.54) is 0 Å². The van der Waals surface area contributed by atoms with Gasteiger partial charge in [-0.2, -0.15) is 0 Å². The van der Waals surface area contributed by atoms with Crippen molar-refractivity contribution in [3.63, 3.8) is 0 Å². The number of benzene rings is 2. The van der Waals surface area contributed by atoms with Crippen LogP contribution in [0.2, 0.25) is 5.02 Å². The summed E-state index contributed by atoms with van der Waals surface area (Å²) >= 11 is 5.87. The summed E-state index contributed by atoms with van der Waals surface area (Å²) in [6.07, 6.45) is -0.0698. The van der Waals surface area contributed by atoms with Crippen LogP contribution >= 0.6 is 11.6 Å². The van der Waals surface area contributed by atoms with Crippen molar-refractivity contribution < 1.29 is 14.3 Å². The van der Waals surface area contributed by atoms with Crippen LogP contribution in [0.15, 0.2) is 59.7 Å². The van der Waals surface area contributed by atoms with Gasteiger partial charge in [-0.25, -0.2) is 9.69 Å². The number of amides is 2. The first-order valence-corrected chi connectivity index (χ1v) is 8.78. The summed E-state index contributed by atoms with van der Waals surface area (Å²) in [6, 6.07) is 14.9. The molecule has 0 radical (unpaired) electrons. The Hall–Kier alpha value is -3.02. The van der Waals surface area contributed by atoms with Gasteiger partial charge >= 0.3 is 6.09 Å². The van der Waals surface area contributed by atoms with Gasteiger partial charge in [-0.15, -0.1) is 0 Å². The molecule has 0 saturated carbocycles. The first kappa shape index (κ1) is 18.8. The maximum atomic E-state index is 13.0. The van der Waals surface area contributed by atoms with Gasteiger partial charge in [0.25, 0.3) is 0 Å². The third kappa shape index (κ3) is 4.58. The van der Waals surface area contributed by atoms with Crippen LogP contribution < -0.4 is 0 Å². The largest absolute Gasteiger partial charge is 0.447 e. The number of cyclic esters (lactones) is 1. The Morgan fingerprint density at radius 3 is 2.59 bits per heavy atom. The second-order valence-corrected chi connectivity index (χ2v) is 6.62. The molecule has 2 atom stereocenters. The SMILES string of the molecule is [N-]=[N+]=N[C@H](Cc1ccc(Cl)cc1)C(=O)N1C(=O)OC[C@@H]1Cc1ccccc1. The van der Waals surface area contributed by atoms with Gasteiger partial charge in [0.1, 0.15) is 12.6 Å². The van der Waals surface area contributed by atoms with E-state index >= 15 is 0 Å². The highest BCUT2D eigenvalue weighted by Crippen LogP contribution is 2.21. The van der Waals surface area contributed by atoms with E-state index < -0.39 is 24.1 Å². The van der Waals surface area contributed by atoms with E-state index in [-0.39, 0.29) is 13.0 Å². The van der Waals surface area contributed by atoms with Crippen molar-refractivity contribution >= 4 is 23.6 Å². The highest BCUT2D eigenvalue weighted by atomic mass is 35.5. The second kappa shape index (κ2) is 8.58. The molecule has 2 amide bonds. The van der Waals surface area contributed by atoms with Gasteiger partial charge in [0.05, 0.1) is 6.04 Å². The molecule has 1 aliphatic heterocycles. The molecule has 27 heavy (non-hydrogen) atoms. The number of hydrogen-bond donors (Lipinski definition) is 0. The number of carbonyl (C=O) groups is 2. The van der Waals surface area contributed by atoms with Gasteiger partial charge in [0.2, 0.25) is 5.91 Å². The van der Waals surface area contributed by atoms with Crippen molar-refractivity contribution in [1.82, 2.24) is 4.90 Å². The minimum absolute atomic E-state index is 0.114. The number of halogens is 1. The fourth-order valence-electron chi connectivity index (χ4n) is 3.01. The van der Waals surface area contributed by atoms with Crippen LogP contribution in [0.3, 0.4) is 0 Å². The molecule has 7 nitrogen and oxygen atoms in total. The number of imide groups is 1. The monoisotopic (exact) mass is 384 g/mol. The quantitative estimate of drug-likeness (QED) is 0.425. The molecule has 1 heterocycles. The molecule has 0 N–H and O–H groups in total. The van der Waals surface area contributed by atoms with Crippen molar-refractivity contribution in [2.24, 2.45) is 5.11 Å². The van der Waals surface area contributed by atoms with E-state index in [1.54, 1.807) is 24.3 Å². The Bertz CT molecular complexity index is 866. The highest BCUT2D eigenvalue weighted by Gasteiger charge is 2.40. The van der Waals surface area contributed by atoms with E-state index in [0.29, 0.717) is 11.4 Å². The van der Waals surface area contributed by atoms with E-state index in [0.717, 1.165) is 16.0 Å². The van der Waals surface area contributed by atoms with Crippen molar-refractivity contribution in [3.05, 3.63) is 81.2 Å². The lowest BCUT2D eigenvalue weighted by atomic mass is 10.0. The summed E-state index contributed by atoms with van der Waals surface area (Å²) in [5, 5.41) is 4.18. The predicted octanol–water partition coefficient (Wildman–Crippen LogP) is 4.15. The van der Waals surface area contributed by atoms with Gasteiger partial charge in [0.15, 0.2) is 0 Å². The van der Waals surface area contributed by atoms with Crippen LogP contribution in [0.4, 0.5) is 4.79 Å². The van der Waals surface area contributed by atoms with E-state index in [1.807, 2.05) is 30.3 Å². The molecule has 8 heteroatoms. The number of nitrogens with zero attached hydrogens (tertiary/aromatic N) is 4. The summed E-state index contributed by atoms with van der Waals surface area (Å²) in [5.74, 6) is -0.564. The molecule has 1 saturated heterocycles. The van der Waals surface area contributed by atoms with Crippen molar-refractivity contribution in [3.8, 4) is 0 Å². The Kier molecular flexibility index (Phi) is 5.96. The normalized spacial score (nSPS) is 17.1. The first-order chi connectivity index (χ1) is 13.1. The summed E-state index contributed by atoms with van der Waals surface area (Å²) in [7, 11) is 0. The van der Waals surface area contributed by atoms with Gasteiger partial charge in [-0.3, -0.25) is 4.79 Å². The number of azide groups is 1. The fourth-order valence-corrected chi connectivity index (χ4v) is 3.14. The van der Waals surface area contributed by atoms with Crippen LogP contribution in [-0.2, 0) is 22.4 Å². The fraction of sp³-hybridized carbons (Fsp3) is 0.263. The van der Waals surface area contributed by atoms with Gasteiger partial charge in [-0.1, -0.05) is 59.2 Å². The van der Waals surface area contributed by atoms with Gasteiger partial charge < -0.3 is 4.74 Å². The van der Waals surface area contributed by atoms with Gasteiger partial charge in [-0.05, 0) is 41.6 Å². The van der Waals surface area contributed by atoms with Crippen LogP contribution in [0, 0.1) is 0 Å². The minimum atomic E-state index is -1.04. The van der Waals surface area contributed by atoms with Crippen molar-refractivity contribution in [2.45, 2.75) is 24.9 Å². The molecule has 0 unspecified atom stereocenters. The molecular weight excluding hydrogens is 368 g/mol. The molecule has 3 rings (SSSR count). The molecule has 0 bridgehead atoms. The minimum Gasteiger partial charge on any atom is -0.447 e. The summed E-state index contributed by atoms with van der Waals surface area (Å²) in [6.45, 7) is 0.114. The van der Waals surface area contributed by atoms with Crippen LogP contribution in [0.5, 0.6) is 0 Å². The topological polar surface area (TPSA) is 95.4 Å². The van der Waals surface area contributed by atoms with Crippen molar-refractivity contribution in [1.29, 1.82) is 0 Å². The highest BCUT2D eigenvalue weighted by molar-refractivity contribution is 6.30. The van der Waals surface area contributed by atoms with Crippen LogP contribution in [0.25, 0.3) is 10.4 Å². The van der Waals surface area contributed by atoms with Gasteiger partial charge in [0, 0.05) is 9.93 Å². The second-order valence-electron chi connectivity index (χ2n) is 6.18. The zero-order chi connectivity index (χ0) is 19.2. The average Bonchev–Trinajstić information content (AvgIpc) is 3.03. The standard InChI is InChI=1S/C19H17ClN4O3/c20-15-8-6-14(7-9-15)11-17(22-23-21)18(25)24-16(12-27-19(24)26)10-13-4-2-1-3-5-13/h1-9,16-17H,10-12H2/t16-,17+/m0/s1. The lowest BCUT2D eigenvalue weighted by Crippen LogP contribution is -2.45. The van der Waals surface area contributed by atoms with E-state index in [2.05, 4.69) is 10.0 Å². The summed E-state index contributed by atoms with van der Waals surface area (Å²) < 4.78 is 5.08. The Labute approximate surface area is 161 Å². The molecule has 1 aliphatic rings. The first-order valence-electron chi connectivity index (χ1n) is 8.41. The summed E-state index contributed by atoms with van der Waals surface area (Å²) in [5.41, 5.74) is 10.6. The number of carbonyl (C=O) groups excluding carboxylic acids is 2. The molecule has 0 aromatic heterocycles. The molecule has 2 aromatic rings. The molecule has 2 aromatic carbocycles. The lowest BCUT2D eigenvalue weighted by Gasteiger charge is -2.23. The Morgan fingerprint density at radius 1 is 1.22 bits per heavy atom. The van der Waals surface area contributed by atoms with Crippen molar-refractivity contribution in [2.75, 3.05) is 6.61 Å². The zero-order valence-corrected chi connectivity index (χ0v) is 15.1. The van der Waals surface area contributed by atoms with Crippen LogP contribution in [-0.4, -0.2) is 35.6 Å². The molecular formula is C19H17ClN4O3. The molecule has 138 valence electrons. The molecule has 0 aliphatic carbocycles. The third-order valence-electron chi connectivity index (χ3n) is 4.33. The van der Waals surface area contributed by atoms with E-state index in [9.17, 15) is 9.59 Å². The van der Waals surface area contributed by atoms with E-state index in [4.69, 9.17) is 21.9 Å². The zero-order valence-electron chi connectivity index (χ0n) is 14.4. The molecule has 1 fully saturated rings. The number of rotatable bonds is 6. The molecule has 0 spiro atoms. The lowest BCUT2D eigenvalue weighted by molar-refractivity contribution is -0.130. The average molecular weight is 385 g/mol. The summed E-state index contributed by atoms with van der Waals surface area (Å²) in [4.78, 5) is 29.0. The predicted molar refractivity (Wildman–Crippen MR) is 100 cm³/mol. The maximum Gasteiger partial charge on any atom is 0.416 e. The Balaban J connectivity index is 1.79. The van der Waals surface area contributed by atoms with Crippen LogP contribution in [0.1, 0.15) is 11.1 Å².